The molecule has 1 atom stereocenters. The summed E-state index contributed by atoms with van der Waals surface area (Å²) in [6, 6.07) is 4.13. The van der Waals surface area contributed by atoms with Crippen LogP contribution in [0.1, 0.15) is 18.9 Å². The van der Waals surface area contributed by atoms with Gasteiger partial charge in [0.15, 0.2) is 0 Å². The van der Waals surface area contributed by atoms with Crippen molar-refractivity contribution in [2.75, 3.05) is 6.61 Å². The van der Waals surface area contributed by atoms with E-state index in [0.29, 0.717) is 0 Å². The van der Waals surface area contributed by atoms with Gasteiger partial charge in [-0.25, -0.2) is 0 Å². The molecular weight excluding hydrogens is 235 g/mol. The van der Waals surface area contributed by atoms with Gasteiger partial charge < -0.3 is 10.4 Å². The molecule has 0 saturated heterocycles. The Hall–Kier alpha value is -0.350. The molecule has 2 N–H and O–H groups in total. The van der Waals surface area contributed by atoms with Crippen LogP contribution in [0.5, 0.6) is 0 Å². The van der Waals surface area contributed by atoms with Crippen LogP contribution < -0.4 is 5.32 Å². The summed E-state index contributed by atoms with van der Waals surface area (Å²) in [7, 11) is 0. The topological polar surface area (TPSA) is 45.1 Å². The molecule has 0 radical (unpaired) electrons. The third kappa shape index (κ3) is 6.68. The van der Waals surface area contributed by atoms with Crippen molar-refractivity contribution in [3.63, 3.8) is 0 Å². The first kappa shape index (κ1) is 17.1. The second kappa shape index (κ2) is 10.2. The summed E-state index contributed by atoms with van der Waals surface area (Å²) in [5.74, 6) is 0. The summed E-state index contributed by atoms with van der Waals surface area (Å²) in [6.07, 6.45) is 4.53. The molecule has 0 aliphatic rings. The van der Waals surface area contributed by atoms with Crippen molar-refractivity contribution in [3.05, 3.63) is 30.1 Å². The number of halogens is 2. The Kier molecular flexibility index (Phi) is 11.6. The van der Waals surface area contributed by atoms with Crippen molar-refractivity contribution in [3.8, 4) is 0 Å². The fraction of sp³-hybridized carbons (Fsp3) is 0.500. The number of nitrogens with one attached hydrogen (secondary N) is 1. The van der Waals surface area contributed by atoms with Crippen LogP contribution in [0.3, 0.4) is 0 Å². The van der Waals surface area contributed by atoms with Gasteiger partial charge in [0.25, 0.3) is 0 Å². The van der Waals surface area contributed by atoms with Crippen LogP contribution in [0.25, 0.3) is 0 Å². The maximum atomic E-state index is 8.93. The molecule has 0 amide bonds. The molecule has 88 valence electrons. The first-order chi connectivity index (χ1) is 6.36. The highest BCUT2D eigenvalue weighted by Crippen LogP contribution is 1.97. The van der Waals surface area contributed by atoms with E-state index in [2.05, 4.69) is 17.2 Å². The standard InChI is InChI=1S/C10H16N2O.2ClH/c1-2-10(8-13)12-7-9-4-3-5-11-6-9;;/h3-6,10,12-13H,2,7-8H2,1H3;2*1H. The van der Waals surface area contributed by atoms with Gasteiger partial charge in [0.05, 0.1) is 6.61 Å². The molecule has 1 aromatic heterocycles. The molecule has 15 heavy (non-hydrogen) atoms. The van der Waals surface area contributed by atoms with Gasteiger partial charge in [0.1, 0.15) is 0 Å². The summed E-state index contributed by atoms with van der Waals surface area (Å²) in [5.41, 5.74) is 1.15. The molecule has 5 heteroatoms. The number of nitrogens with zero attached hydrogens (tertiary/aromatic N) is 1. The van der Waals surface area contributed by atoms with Crippen LogP contribution in [-0.2, 0) is 6.54 Å². The Balaban J connectivity index is 0. The molecule has 1 unspecified atom stereocenters. The lowest BCUT2D eigenvalue weighted by Crippen LogP contribution is -2.31. The Morgan fingerprint density at radius 3 is 2.67 bits per heavy atom. The molecule has 1 heterocycles. The minimum absolute atomic E-state index is 0. The molecular formula is C10H18Cl2N2O. The average Bonchev–Trinajstić information content (AvgIpc) is 2.21. The fourth-order valence-electron chi connectivity index (χ4n) is 1.10. The SMILES string of the molecule is CCC(CO)NCc1cccnc1.Cl.Cl. The second-order valence-electron chi connectivity index (χ2n) is 3.03. The van der Waals surface area contributed by atoms with Crippen LogP contribution >= 0.6 is 24.8 Å². The highest BCUT2D eigenvalue weighted by atomic mass is 35.5. The van der Waals surface area contributed by atoms with Crippen LogP contribution in [0.4, 0.5) is 0 Å². The molecule has 0 aliphatic carbocycles. The van der Waals surface area contributed by atoms with Gasteiger partial charge in [-0.15, -0.1) is 24.8 Å². The summed E-state index contributed by atoms with van der Waals surface area (Å²) in [6.45, 7) is 3.01. The number of aliphatic hydroxyl groups is 1. The molecule has 3 nitrogen and oxygen atoms in total. The van der Waals surface area contributed by atoms with Gasteiger partial charge in [-0.3, -0.25) is 4.98 Å². The second-order valence-corrected chi connectivity index (χ2v) is 3.03. The number of hydrogen-bond acceptors (Lipinski definition) is 3. The van der Waals surface area contributed by atoms with E-state index in [9.17, 15) is 0 Å². The smallest absolute Gasteiger partial charge is 0.0584 e. The number of pyridine rings is 1. The van der Waals surface area contributed by atoms with E-state index in [1.807, 2.05) is 18.3 Å². The number of aromatic nitrogens is 1. The van der Waals surface area contributed by atoms with Crippen LogP contribution in [-0.4, -0.2) is 22.7 Å². The van der Waals surface area contributed by atoms with Crippen molar-refractivity contribution in [1.29, 1.82) is 0 Å². The van der Waals surface area contributed by atoms with Crippen molar-refractivity contribution < 1.29 is 5.11 Å². The molecule has 0 spiro atoms. The van der Waals surface area contributed by atoms with E-state index in [-0.39, 0.29) is 37.5 Å². The minimum atomic E-state index is 0. The lowest BCUT2D eigenvalue weighted by molar-refractivity contribution is 0.238. The van der Waals surface area contributed by atoms with Gasteiger partial charge in [-0.1, -0.05) is 13.0 Å². The number of aliphatic hydroxyl groups excluding tert-OH is 1. The van der Waals surface area contributed by atoms with E-state index >= 15 is 0 Å². The lowest BCUT2D eigenvalue weighted by atomic mass is 10.2. The molecule has 0 aromatic carbocycles. The third-order valence-electron chi connectivity index (χ3n) is 2.03. The van der Waals surface area contributed by atoms with Gasteiger partial charge in [0, 0.05) is 25.0 Å². The van der Waals surface area contributed by atoms with Crippen LogP contribution in [0, 0.1) is 0 Å². The van der Waals surface area contributed by atoms with E-state index in [1.54, 1.807) is 6.20 Å². The van der Waals surface area contributed by atoms with Gasteiger partial charge in [-0.2, -0.15) is 0 Å². The van der Waals surface area contributed by atoms with Crippen LogP contribution in [0.2, 0.25) is 0 Å². The third-order valence-corrected chi connectivity index (χ3v) is 2.03. The molecule has 0 bridgehead atoms. The van der Waals surface area contributed by atoms with Gasteiger partial charge in [-0.05, 0) is 18.1 Å². The molecule has 0 saturated carbocycles. The van der Waals surface area contributed by atoms with Crippen molar-refractivity contribution in [2.24, 2.45) is 0 Å². The monoisotopic (exact) mass is 252 g/mol. The predicted octanol–water partition coefficient (Wildman–Crippen LogP) is 1.79. The van der Waals surface area contributed by atoms with Gasteiger partial charge >= 0.3 is 0 Å². The van der Waals surface area contributed by atoms with E-state index in [0.717, 1.165) is 18.5 Å². The average molecular weight is 253 g/mol. The number of hydrogen-bond donors (Lipinski definition) is 2. The van der Waals surface area contributed by atoms with E-state index in [4.69, 9.17) is 5.11 Å². The zero-order chi connectivity index (χ0) is 9.52. The zero-order valence-corrected chi connectivity index (χ0v) is 10.4. The Morgan fingerprint density at radius 2 is 2.20 bits per heavy atom. The fourth-order valence-corrected chi connectivity index (χ4v) is 1.10. The quantitative estimate of drug-likeness (QED) is 0.840. The maximum absolute atomic E-state index is 8.93. The van der Waals surface area contributed by atoms with E-state index < -0.39 is 0 Å². The predicted molar refractivity (Wildman–Crippen MR) is 66.7 cm³/mol. The Labute approximate surface area is 103 Å². The molecule has 1 aromatic rings. The summed E-state index contributed by atoms with van der Waals surface area (Å²) < 4.78 is 0. The highest BCUT2D eigenvalue weighted by Gasteiger charge is 2.02. The van der Waals surface area contributed by atoms with E-state index in [1.165, 1.54) is 0 Å². The summed E-state index contributed by atoms with van der Waals surface area (Å²) in [4.78, 5) is 4.01. The first-order valence-corrected chi connectivity index (χ1v) is 4.60. The van der Waals surface area contributed by atoms with Gasteiger partial charge in [0.2, 0.25) is 0 Å². The highest BCUT2D eigenvalue weighted by molar-refractivity contribution is 5.85. The Morgan fingerprint density at radius 1 is 1.47 bits per heavy atom. The largest absolute Gasteiger partial charge is 0.395 e. The summed E-state index contributed by atoms with van der Waals surface area (Å²) >= 11 is 0. The normalized spacial score (nSPS) is 11.1. The van der Waals surface area contributed by atoms with Crippen LogP contribution in [0.15, 0.2) is 24.5 Å². The summed E-state index contributed by atoms with van der Waals surface area (Å²) in [5, 5.41) is 12.2. The first-order valence-electron chi connectivity index (χ1n) is 4.60. The van der Waals surface area contributed by atoms with Crippen molar-refractivity contribution in [1.82, 2.24) is 10.3 Å². The van der Waals surface area contributed by atoms with Crippen molar-refractivity contribution >= 4 is 24.8 Å². The Bertz CT molecular complexity index is 230. The van der Waals surface area contributed by atoms with Crippen molar-refractivity contribution in [2.45, 2.75) is 25.9 Å². The minimum Gasteiger partial charge on any atom is -0.395 e. The maximum Gasteiger partial charge on any atom is 0.0584 e. The molecule has 1 rings (SSSR count). The number of rotatable bonds is 5. The molecule has 0 aliphatic heterocycles. The lowest BCUT2D eigenvalue weighted by Gasteiger charge is -2.13. The molecule has 0 fully saturated rings. The zero-order valence-electron chi connectivity index (χ0n) is 8.72.